The van der Waals surface area contributed by atoms with Crippen molar-refractivity contribution in [2.24, 2.45) is 0 Å². The summed E-state index contributed by atoms with van der Waals surface area (Å²) in [5, 5.41) is 1.94. The van der Waals surface area contributed by atoms with Gasteiger partial charge in [0.05, 0.1) is 5.52 Å². The summed E-state index contributed by atoms with van der Waals surface area (Å²) >= 11 is 6.15. The standard InChI is InChI=1S/C25H29ClN4/c26-21-6-7-23-24(18-21)27-11-8-25(23)30-16-14-29(15-17-30)22-9-12-28(13-10-22)19-20-4-2-1-3-5-20/h1-8,11,18,22H,9-10,12-17,19H2. The Labute approximate surface area is 184 Å². The molecule has 1 aromatic heterocycles. The zero-order valence-electron chi connectivity index (χ0n) is 17.4. The van der Waals surface area contributed by atoms with Gasteiger partial charge in [-0.1, -0.05) is 41.9 Å². The molecule has 2 fully saturated rings. The molecule has 5 rings (SSSR count). The van der Waals surface area contributed by atoms with Crippen molar-refractivity contribution < 1.29 is 0 Å². The Bertz CT molecular complexity index is 977. The second-order valence-electron chi connectivity index (χ2n) is 8.51. The Hall–Kier alpha value is -2.14. The zero-order valence-corrected chi connectivity index (χ0v) is 18.1. The van der Waals surface area contributed by atoms with Gasteiger partial charge in [-0.2, -0.15) is 0 Å². The van der Waals surface area contributed by atoms with Crippen LogP contribution in [-0.2, 0) is 6.54 Å². The second kappa shape index (κ2) is 8.93. The first kappa shape index (κ1) is 19.8. The van der Waals surface area contributed by atoms with Gasteiger partial charge in [-0.25, -0.2) is 0 Å². The van der Waals surface area contributed by atoms with Crippen molar-refractivity contribution in [2.45, 2.75) is 25.4 Å². The van der Waals surface area contributed by atoms with Gasteiger partial charge in [0.1, 0.15) is 0 Å². The summed E-state index contributed by atoms with van der Waals surface area (Å²) in [4.78, 5) is 12.3. The van der Waals surface area contributed by atoms with E-state index in [1.165, 1.54) is 42.6 Å². The molecule has 0 radical (unpaired) electrons. The van der Waals surface area contributed by atoms with Gasteiger partial charge in [0.15, 0.2) is 0 Å². The topological polar surface area (TPSA) is 22.6 Å². The second-order valence-corrected chi connectivity index (χ2v) is 8.94. The van der Waals surface area contributed by atoms with E-state index in [4.69, 9.17) is 11.6 Å². The molecule has 2 saturated heterocycles. The molecule has 30 heavy (non-hydrogen) atoms. The average Bonchev–Trinajstić information content (AvgIpc) is 2.80. The molecule has 156 valence electrons. The van der Waals surface area contributed by atoms with E-state index in [1.54, 1.807) is 0 Å². The summed E-state index contributed by atoms with van der Waals surface area (Å²) < 4.78 is 0. The number of halogens is 1. The van der Waals surface area contributed by atoms with Crippen LogP contribution < -0.4 is 4.90 Å². The Morgan fingerprint density at radius 3 is 2.40 bits per heavy atom. The molecular formula is C25H29ClN4. The average molecular weight is 421 g/mol. The normalized spacial score (nSPS) is 19.4. The van der Waals surface area contributed by atoms with E-state index in [-0.39, 0.29) is 0 Å². The van der Waals surface area contributed by atoms with E-state index in [9.17, 15) is 0 Å². The first-order valence-corrected chi connectivity index (χ1v) is 11.4. The van der Waals surface area contributed by atoms with Gasteiger partial charge in [-0.15, -0.1) is 0 Å². The monoisotopic (exact) mass is 420 g/mol. The van der Waals surface area contributed by atoms with Crippen LogP contribution in [0.4, 0.5) is 5.69 Å². The van der Waals surface area contributed by atoms with E-state index >= 15 is 0 Å². The lowest BCUT2D eigenvalue weighted by molar-refractivity contribution is 0.0999. The minimum atomic E-state index is 0.729. The third kappa shape index (κ3) is 4.31. The van der Waals surface area contributed by atoms with Crippen molar-refractivity contribution in [1.29, 1.82) is 0 Å². The van der Waals surface area contributed by atoms with Crippen LogP contribution in [0.3, 0.4) is 0 Å². The van der Waals surface area contributed by atoms with Crippen LogP contribution in [0.5, 0.6) is 0 Å². The van der Waals surface area contributed by atoms with E-state index in [1.807, 2.05) is 18.3 Å². The molecule has 0 saturated carbocycles. The van der Waals surface area contributed by atoms with E-state index in [2.05, 4.69) is 62.1 Å². The fourth-order valence-corrected chi connectivity index (χ4v) is 5.16. The Morgan fingerprint density at radius 1 is 0.867 bits per heavy atom. The van der Waals surface area contributed by atoms with Crippen LogP contribution in [0.15, 0.2) is 60.8 Å². The predicted octanol–water partition coefficient (Wildman–Crippen LogP) is 4.67. The number of likely N-dealkylation sites (tertiary alicyclic amines) is 1. The van der Waals surface area contributed by atoms with Gasteiger partial charge in [0, 0.05) is 61.1 Å². The maximum absolute atomic E-state index is 6.15. The molecule has 0 N–H and O–H groups in total. The zero-order chi connectivity index (χ0) is 20.3. The molecule has 0 spiro atoms. The fraction of sp³-hybridized carbons (Fsp3) is 0.400. The maximum atomic E-state index is 6.15. The first-order valence-electron chi connectivity index (χ1n) is 11.1. The van der Waals surface area contributed by atoms with Crippen LogP contribution in [0, 0.1) is 0 Å². The number of piperidine rings is 1. The molecule has 0 unspecified atom stereocenters. The van der Waals surface area contributed by atoms with Gasteiger partial charge >= 0.3 is 0 Å². The summed E-state index contributed by atoms with van der Waals surface area (Å²) in [6.07, 6.45) is 4.47. The number of aromatic nitrogens is 1. The number of hydrogen-bond acceptors (Lipinski definition) is 4. The number of nitrogens with zero attached hydrogens (tertiary/aromatic N) is 4. The van der Waals surface area contributed by atoms with Gasteiger partial charge in [-0.05, 0) is 55.8 Å². The fourth-order valence-electron chi connectivity index (χ4n) is 4.99. The first-order chi connectivity index (χ1) is 14.8. The third-order valence-electron chi connectivity index (χ3n) is 6.66. The summed E-state index contributed by atoms with van der Waals surface area (Å²) in [7, 11) is 0. The van der Waals surface area contributed by atoms with Crippen molar-refractivity contribution in [2.75, 3.05) is 44.2 Å². The molecular weight excluding hydrogens is 392 g/mol. The molecule has 4 nitrogen and oxygen atoms in total. The van der Waals surface area contributed by atoms with Crippen LogP contribution in [-0.4, -0.2) is 60.1 Å². The van der Waals surface area contributed by atoms with Crippen molar-refractivity contribution in [1.82, 2.24) is 14.8 Å². The van der Waals surface area contributed by atoms with Gasteiger partial charge in [0.2, 0.25) is 0 Å². The quantitative estimate of drug-likeness (QED) is 0.611. The number of pyridine rings is 1. The molecule has 2 aliphatic rings. The Balaban J connectivity index is 1.16. The molecule has 5 heteroatoms. The van der Waals surface area contributed by atoms with Crippen LogP contribution in [0.2, 0.25) is 5.02 Å². The molecule has 0 amide bonds. The van der Waals surface area contributed by atoms with Crippen molar-refractivity contribution >= 4 is 28.2 Å². The van der Waals surface area contributed by atoms with Crippen molar-refractivity contribution in [3.8, 4) is 0 Å². The lowest BCUT2D eigenvalue weighted by Crippen LogP contribution is -2.53. The molecule has 0 bridgehead atoms. The molecule has 0 atom stereocenters. The number of anilines is 1. The van der Waals surface area contributed by atoms with Crippen molar-refractivity contribution in [3.63, 3.8) is 0 Å². The van der Waals surface area contributed by atoms with Crippen molar-refractivity contribution in [3.05, 3.63) is 71.4 Å². The lowest BCUT2D eigenvalue weighted by Gasteiger charge is -2.43. The number of rotatable bonds is 4. The van der Waals surface area contributed by atoms with Gasteiger partial charge in [0.25, 0.3) is 0 Å². The van der Waals surface area contributed by atoms with Gasteiger partial charge in [-0.3, -0.25) is 14.8 Å². The van der Waals surface area contributed by atoms with Crippen LogP contribution in [0.1, 0.15) is 18.4 Å². The number of benzene rings is 2. The summed E-state index contributed by atoms with van der Waals surface area (Å²) in [5.74, 6) is 0. The van der Waals surface area contributed by atoms with E-state index in [0.717, 1.165) is 49.3 Å². The SMILES string of the molecule is Clc1ccc2c(N3CCN(C4CCN(Cc5ccccc5)CC4)CC3)ccnc2c1. The molecule has 2 aromatic carbocycles. The molecule has 2 aliphatic heterocycles. The molecule has 0 aliphatic carbocycles. The Kier molecular flexibility index (Phi) is 5.89. The molecule has 3 aromatic rings. The number of piperazine rings is 1. The summed E-state index contributed by atoms with van der Waals surface area (Å²) in [6.45, 7) is 7.92. The summed E-state index contributed by atoms with van der Waals surface area (Å²) in [5.41, 5.74) is 3.69. The van der Waals surface area contributed by atoms with E-state index in [0.29, 0.717) is 0 Å². The minimum absolute atomic E-state index is 0.729. The van der Waals surface area contributed by atoms with Crippen LogP contribution >= 0.6 is 11.6 Å². The van der Waals surface area contributed by atoms with E-state index < -0.39 is 0 Å². The van der Waals surface area contributed by atoms with Gasteiger partial charge < -0.3 is 4.90 Å². The number of fused-ring (bicyclic) bond motifs is 1. The highest BCUT2D eigenvalue weighted by Crippen LogP contribution is 2.29. The smallest absolute Gasteiger partial charge is 0.0737 e. The third-order valence-corrected chi connectivity index (χ3v) is 6.89. The highest BCUT2D eigenvalue weighted by molar-refractivity contribution is 6.31. The largest absolute Gasteiger partial charge is 0.368 e. The maximum Gasteiger partial charge on any atom is 0.0737 e. The van der Waals surface area contributed by atoms with Crippen LogP contribution in [0.25, 0.3) is 10.9 Å². The predicted molar refractivity (Wildman–Crippen MR) is 125 cm³/mol. The highest BCUT2D eigenvalue weighted by Gasteiger charge is 2.28. The highest BCUT2D eigenvalue weighted by atomic mass is 35.5. The Morgan fingerprint density at radius 2 is 1.63 bits per heavy atom. The number of hydrogen-bond donors (Lipinski definition) is 0. The minimum Gasteiger partial charge on any atom is -0.368 e. The summed E-state index contributed by atoms with van der Waals surface area (Å²) in [6, 6.07) is 19.8. The molecule has 3 heterocycles. The lowest BCUT2D eigenvalue weighted by atomic mass is 10.0.